The first-order chi connectivity index (χ1) is 39.7. The number of fused-ring (bicyclic) bond motifs is 2. The van der Waals surface area contributed by atoms with Crippen molar-refractivity contribution in [3.8, 4) is 0 Å². The minimum Gasteiger partial charge on any atom is -0.754 e. The minimum atomic E-state index is -5.73. The van der Waals surface area contributed by atoms with Gasteiger partial charge in [-0.1, -0.05) is 54.8 Å². The first-order valence-corrected chi connectivity index (χ1v) is 31.4. The number of carbonyl (C=O) groups excluding carboxylic acids is 5. The van der Waals surface area contributed by atoms with Gasteiger partial charge in [0.1, 0.15) is 46.3 Å². The smallest absolute Gasteiger partial charge is 0.754 e. The SMILES string of the molecule is CCc1ccc(C(=O)Nc2ccc(S(=O)(=O)[O-])c3cc(S(=O)(=O)[O-])cc(S(=O)(=O)[O-])c23)cc1NC(=O)c1cccc(CC(=O)Cc2cccc(C(=O)Nc3cc(C(=O)Nc4ccc(S(=O)(=O)[O-])c5c[c-]cc(S(=O)(=O)[O-])c45)ccc3COC)c2)c1.[Na+].[Na+].[Na+].[Na+].[Na+].[Na+]. The van der Waals surface area contributed by atoms with E-state index in [4.69, 9.17) is 4.74 Å². The van der Waals surface area contributed by atoms with Crippen LogP contribution in [0.5, 0.6) is 0 Å². The van der Waals surface area contributed by atoms with E-state index in [2.05, 4.69) is 27.3 Å². The Kier molecular flexibility index (Phi) is 32.0. The maximum atomic E-state index is 13.8. The Balaban J connectivity index is 0.00000470. The van der Waals surface area contributed by atoms with Crippen molar-refractivity contribution in [2.24, 2.45) is 0 Å². The molecule has 4 N–H and O–H groups in total. The molecule has 8 rings (SSSR count). The standard InChI is InChI=1S/C55H45N4O21S5.6Na/c1-3-32-13-14-35(54(63)57-43-18-20-47(83(71,72)73)41-27-39(81(65,66)67)28-49(51(41)43)85(77,78)79)25-44(32)58-52(61)33-9-4-7-30(21-33)23-38(60)24-31-8-5-10-34(22-31)53(62)59-45-26-36(15-16-37(45)29-80-2)55(64)56-42-17-19-46(82(68,69)70)40-11-6-12-48(50(40)42)84(74,75)76;;;;;;/h4-5,7-22,25-28H,3,23-24,29H2,1-2H3,(H,56,64)(H,57,63)(H,58,61)(H,59,62)(H,65,66,67)(H,68,69,70)(H,71,72,73)(H,74,75,76)(H,77,78,79);;;;;;/q-1;6*+1/p-5. The molecule has 0 saturated carbocycles. The molecule has 4 amide bonds. The average Bonchev–Trinajstić information content (AvgIpc) is 0.765. The van der Waals surface area contributed by atoms with Crippen molar-refractivity contribution in [1.29, 1.82) is 0 Å². The second-order valence-electron chi connectivity index (χ2n) is 18.6. The number of Topliss-reactive ketones (excluding diaryl/α,β-unsaturated/α-hetero) is 1. The number of aryl methyl sites for hydroxylation is 1. The molecule has 0 bridgehead atoms. The molecule has 0 aliphatic rings. The first-order valence-electron chi connectivity index (χ1n) is 24.3. The minimum absolute atomic E-state index is 0. The van der Waals surface area contributed by atoms with Gasteiger partial charge in [-0.2, -0.15) is 18.2 Å². The predicted molar refractivity (Wildman–Crippen MR) is 297 cm³/mol. The largest absolute Gasteiger partial charge is 1.00 e. The third-order valence-corrected chi connectivity index (χ3v) is 17.2. The van der Waals surface area contributed by atoms with Crippen LogP contribution < -0.4 is 199 Å². The van der Waals surface area contributed by atoms with Gasteiger partial charge in [0, 0.05) is 80.5 Å². The van der Waals surface area contributed by atoms with Crippen molar-refractivity contribution in [2.45, 2.75) is 57.3 Å². The Morgan fingerprint density at radius 1 is 0.418 bits per heavy atom. The van der Waals surface area contributed by atoms with Crippen LogP contribution in [0.25, 0.3) is 21.5 Å². The summed E-state index contributed by atoms with van der Waals surface area (Å²) in [5.74, 6) is -3.68. The molecule has 0 heterocycles. The number of anilines is 4. The van der Waals surface area contributed by atoms with E-state index < -0.39 is 126 Å². The van der Waals surface area contributed by atoms with E-state index in [-0.39, 0.29) is 248 Å². The van der Waals surface area contributed by atoms with Crippen LogP contribution >= 0.6 is 0 Å². The zero-order valence-corrected chi connectivity index (χ0v) is 65.7. The third-order valence-electron chi connectivity index (χ3n) is 12.9. The monoisotopic (exact) mass is 1390 g/mol. The van der Waals surface area contributed by atoms with Gasteiger partial charge in [-0.25, -0.2) is 33.7 Å². The zero-order chi connectivity index (χ0) is 62.1. The molecule has 0 aromatic heterocycles. The molecule has 0 unspecified atom stereocenters. The number of methoxy groups -OCH3 is 1. The number of carbonyl (C=O) groups is 5. The molecule has 0 aliphatic heterocycles. The number of amides is 4. The van der Waals surface area contributed by atoms with Crippen LogP contribution in [0, 0.1) is 6.07 Å². The average molecular weight is 1390 g/mol. The normalized spacial score (nSPS) is 11.4. The second kappa shape index (κ2) is 34.5. The van der Waals surface area contributed by atoms with Gasteiger partial charge >= 0.3 is 177 Å². The number of rotatable bonds is 20. The molecule has 0 saturated heterocycles. The molecule has 36 heteroatoms. The van der Waals surface area contributed by atoms with E-state index in [0.717, 1.165) is 30.3 Å². The molecular formula is C55H40N4Na6O21S5. The molecule has 0 radical (unpaired) electrons. The van der Waals surface area contributed by atoms with Gasteiger partial charge < -0.3 is 48.8 Å². The van der Waals surface area contributed by atoms with E-state index in [1.807, 2.05) is 0 Å². The third kappa shape index (κ3) is 20.9. The molecule has 8 aromatic carbocycles. The number of benzene rings is 8. The summed E-state index contributed by atoms with van der Waals surface area (Å²) in [6.07, 6.45) is -0.0625. The van der Waals surface area contributed by atoms with E-state index in [1.165, 1.54) is 79.9 Å². The summed E-state index contributed by atoms with van der Waals surface area (Å²) in [5, 5.41) is 7.26. The quantitative estimate of drug-likeness (QED) is 0.0313. The Morgan fingerprint density at radius 2 is 0.813 bits per heavy atom. The van der Waals surface area contributed by atoms with Crippen LogP contribution in [0.1, 0.15) is 70.6 Å². The summed E-state index contributed by atoms with van der Waals surface area (Å²) in [4.78, 5) is 62.7. The summed E-state index contributed by atoms with van der Waals surface area (Å²) in [7, 11) is -25.9. The number of hydrogen-bond acceptors (Lipinski definition) is 21. The zero-order valence-electron chi connectivity index (χ0n) is 49.6. The van der Waals surface area contributed by atoms with Crippen LogP contribution in [0.2, 0.25) is 0 Å². The Hall–Kier alpha value is -2.66. The Bertz CT molecular complexity index is 4780. The Morgan fingerprint density at radius 3 is 1.23 bits per heavy atom. The molecule has 0 aliphatic carbocycles. The molecule has 0 fully saturated rings. The number of ether oxygens (including phenoxy) is 1. The van der Waals surface area contributed by atoms with Crippen molar-refractivity contribution in [2.75, 3.05) is 28.4 Å². The maximum Gasteiger partial charge on any atom is 1.00 e. The maximum absolute atomic E-state index is 13.8. The van der Waals surface area contributed by atoms with Crippen molar-refractivity contribution < 1.29 is 271 Å². The van der Waals surface area contributed by atoms with Crippen LogP contribution in [0.15, 0.2) is 158 Å². The van der Waals surface area contributed by atoms with E-state index in [0.29, 0.717) is 40.8 Å². The van der Waals surface area contributed by atoms with Crippen LogP contribution in [0.4, 0.5) is 22.7 Å². The van der Waals surface area contributed by atoms with E-state index >= 15 is 0 Å². The van der Waals surface area contributed by atoms with Gasteiger partial charge in [0.05, 0.1) is 37.1 Å². The van der Waals surface area contributed by atoms with Gasteiger partial charge in [0.2, 0.25) is 0 Å². The number of hydrogen-bond donors (Lipinski definition) is 4. The Labute approximate surface area is 655 Å². The molecular weight excluding hydrogens is 1350 g/mol. The number of nitrogens with one attached hydrogen (secondary N) is 4. The van der Waals surface area contributed by atoms with Gasteiger partial charge in [-0.3, -0.25) is 32.4 Å². The van der Waals surface area contributed by atoms with Crippen molar-refractivity contribution >= 4 is 124 Å². The van der Waals surface area contributed by atoms with Gasteiger partial charge in [-0.15, -0.1) is 5.39 Å². The van der Waals surface area contributed by atoms with E-state index in [1.54, 1.807) is 19.1 Å². The fraction of sp³-hybridized carbons (Fsp3) is 0.109. The first kappa shape index (κ1) is 84.4. The van der Waals surface area contributed by atoms with Crippen molar-refractivity contribution in [3.63, 3.8) is 0 Å². The molecule has 0 atom stereocenters. The molecule has 91 heavy (non-hydrogen) atoms. The van der Waals surface area contributed by atoms with Crippen molar-refractivity contribution in [1.82, 2.24) is 0 Å². The van der Waals surface area contributed by atoms with Gasteiger partial charge in [0.15, 0.2) is 0 Å². The second-order valence-corrected chi connectivity index (χ2v) is 25.4. The fourth-order valence-electron chi connectivity index (χ4n) is 9.06. The van der Waals surface area contributed by atoms with Gasteiger partial charge in [0.25, 0.3) is 23.6 Å². The summed E-state index contributed by atoms with van der Waals surface area (Å²) in [6.45, 7) is 1.67. The summed E-state index contributed by atoms with van der Waals surface area (Å²) >= 11 is 0. The molecule has 8 aromatic rings. The predicted octanol–water partition coefficient (Wildman–Crippen LogP) is -12.6. The topological polar surface area (TPSA) is 429 Å². The van der Waals surface area contributed by atoms with Crippen LogP contribution in [0.3, 0.4) is 0 Å². The van der Waals surface area contributed by atoms with Crippen molar-refractivity contribution in [3.05, 3.63) is 184 Å². The molecule has 442 valence electrons. The fourth-order valence-corrected chi connectivity index (χ4v) is 12.4. The van der Waals surface area contributed by atoms with Gasteiger partial charge in [-0.05, 0) is 107 Å². The van der Waals surface area contributed by atoms with E-state index in [9.17, 15) is 88.8 Å². The molecule has 25 nitrogen and oxygen atoms in total. The summed E-state index contributed by atoms with van der Waals surface area (Å²) < 4.78 is 187. The molecule has 0 spiro atoms. The summed E-state index contributed by atoms with van der Waals surface area (Å²) in [5.41, 5.74) is 0.821. The van der Waals surface area contributed by atoms with Crippen LogP contribution in [-0.4, -0.2) is 101 Å². The van der Waals surface area contributed by atoms with Crippen LogP contribution in [-0.2, 0) is 86.0 Å². The number of ketones is 1. The summed E-state index contributed by atoms with van der Waals surface area (Å²) in [6, 6.07) is 27.9.